The zero-order chi connectivity index (χ0) is 9.64. The third kappa shape index (κ3) is 1.36. The van der Waals surface area contributed by atoms with Gasteiger partial charge in [-0.3, -0.25) is 9.59 Å². The van der Waals surface area contributed by atoms with Crippen molar-refractivity contribution >= 4 is 11.9 Å². The first kappa shape index (κ1) is 8.73. The summed E-state index contributed by atoms with van der Waals surface area (Å²) < 4.78 is 4.62. The number of rotatable bonds is 0. The first-order valence-corrected chi connectivity index (χ1v) is 4.75. The lowest BCUT2D eigenvalue weighted by Gasteiger charge is -2.33. The lowest BCUT2D eigenvalue weighted by atomic mass is 9.68. The van der Waals surface area contributed by atoms with Gasteiger partial charge in [-0.25, -0.2) is 0 Å². The van der Waals surface area contributed by atoms with E-state index in [1.54, 1.807) is 0 Å². The monoisotopic (exact) mass is 182 g/mol. The Morgan fingerprint density at radius 3 is 2.54 bits per heavy atom. The van der Waals surface area contributed by atoms with Gasteiger partial charge in [0.1, 0.15) is 0 Å². The SMILES string of the molecule is CC1(C)CCC2C(=O)OC(=O)C2C1. The summed E-state index contributed by atoms with van der Waals surface area (Å²) >= 11 is 0. The molecule has 0 spiro atoms. The van der Waals surface area contributed by atoms with Gasteiger partial charge in [0.15, 0.2) is 0 Å². The molecule has 3 heteroatoms. The highest BCUT2D eigenvalue weighted by Crippen LogP contribution is 2.45. The van der Waals surface area contributed by atoms with E-state index in [9.17, 15) is 9.59 Å². The lowest BCUT2D eigenvalue weighted by Crippen LogP contribution is -2.31. The summed E-state index contributed by atoms with van der Waals surface area (Å²) in [6.45, 7) is 4.28. The van der Waals surface area contributed by atoms with Crippen LogP contribution in [0.15, 0.2) is 0 Å². The van der Waals surface area contributed by atoms with Crippen molar-refractivity contribution in [1.29, 1.82) is 0 Å². The van der Waals surface area contributed by atoms with Crippen LogP contribution in [0.5, 0.6) is 0 Å². The maximum atomic E-state index is 11.3. The number of hydrogen-bond acceptors (Lipinski definition) is 3. The van der Waals surface area contributed by atoms with Crippen molar-refractivity contribution < 1.29 is 14.3 Å². The summed E-state index contributed by atoms with van der Waals surface area (Å²) in [7, 11) is 0. The third-order valence-corrected chi connectivity index (χ3v) is 3.20. The van der Waals surface area contributed by atoms with Crippen molar-refractivity contribution in [1.82, 2.24) is 0 Å². The molecule has 2 aliphatic rings. The molecule has 0 aromatic heterocycles. The molecule has 2 fully saturated rings. The minimum absolute atomic E-state index is 0.138. The van der Waals surface area contributed by atoms with Gasteiger partial charge in [-0.2, -0.15) is 0 Å². The molecule has 3 nitrogen and oxygen atoms in total. The number of fused-ring (bicyclic) bond motifs is 1. The zero-order valence-electron chi connectivity index (χ0n) is 8.00. The van der Waals surface area contributed by atoms with Crippen LogP contribution in [0, 0.1) is 17.3 Å². The molecule has 72 valence electrons. The summed E-state index contributed by atoms with van der Waals surface area (Å²) in [6, 6.07) is 0. The smallest absolute Gasteiger partial charge is 0.317 e. The molecular weight excluding hydrogens is 168 g/mol. The second-order valence-corrected chi connectivity index (χ2v) is 4.86. The van der Waals surface area contributed by atoms with E-state index in [4.69, 9.17) is 0 Å². The van der Waals surface area contributed by atoms with Crippen molar-refractivity contribution in [3.05, 3.63) is 0 Å². The summed E-state index contributed by atoms with van der Waals surface area (Å²) in [5.74, 6) is -0.898. The van der Waals surface area contributed by atoms with E-state index in [0.29, 0.717) is 0 Å². The summed E-state index contributed by atoms with van der Waals surface area (Å²) in [5.41, 5.74) is 0.185. The van der Waals surface area contributed by atoms with Crippen LogP contribution in [0.1, 0.15) is 33.1 Å². The molecule has 2 rings (SSSR count). The van der Waals surface area contributed by atoms with Crippen LogP contribution < -0.4 is 0 Å². The van der Waals surface area contributed by atoms with E-state index >= 15 is 0 Å². The van der Waals surface area contributed by atoms with Crippen LogP contribution in [0.3, 0.4) is 0 Å². The average molecular weight is 182 g/mol. The molecule has 2 unspecified atom stereocenters. The topological polar surface area (TPSA) is 43.4 Å². The van der Waals surface area contributed by atoms with Crippen molar-refractivity contribution in [3.63, 3.8) is 0 Å². The molecule has 0 aromatic carbocycles. The molecule has 0 radical (unpaired) electrons. The lowest BCUT2D eigenvalue weighted by molar-refractivity contribution is -0.153. The zero-order valence-corrected chi connectivity index (χ0v) is 8.00. The first-order valence-electron chi connectivity index (χ1n) is 4.75. The van der Waals surface area contributed by atoms with Crippen molar-refractivity contribution in [2.75, 3.05) is 0 Å². The van der Waals surface area contributed by atoms with E-state index < -0.39 is 0 Å². The second-order valence-electron chi connectivity index (χ2n) is 4.86. The normalized spacial score (nSPS) is 37.1. The molecule has 0 bridgehead atoms. The average Bonchev–Trinajstić information content (AvgIpc) is 2.26. The van der Waals surface area contributed by atoms with Crippen molar-refractivity contribution in [2.24, 2.45) is 17.3 Å². The summed E-state index contributed by atoms with van der Waals surface area (Å²) in [6.07, 6.45) is 2.61. The maximum Gasteiger partial charge on any atom is 0.317 e. The Labute approximate surface area is 77.4 Å². The molecule has 1 aliphatic carbocycles. The Bertz CT molecular complexity index is 267. The van der Waals surface area contributed by atoms with Gasteiger partial charge >= 0.3 is 11.9 Å². The van der Waals surface area contributed by atoms with E-state index in [-0.39, 0.29) is 29.2 Å². The molecule has 13 heavy (non-hydrogen) atoms. The molecule has 0 aromatic rings. The molecule has 0 N–H and O–H groups in total. The Balaban J connectivity index is 2.20. The van der Waals surface area contributed by atoms with Crippen LogP contribution in [-0.4, -0.2) is 11.9 Å². The molecule has 1 heterocycles. The van der Waals surface area contributed by atoms with E-state index in [1.165, 1.54) is 0 Å². The van der Waals surface area contributed by atoms with E-state index in [1.807, 2.05) is 0 Å². The first-order chi connectivity index (χ1) is 5.99. The predicted molar refractivity (Wildman–Crippen MR) is 45.7 cm³/mol. The minimum atomic E-state index is -0.303. The number of carbonyl (C=O) groups excluding carboxylic acids is 2. The largest absolute Gasteiger partial charge is 0.393 e. The Morgan fingerprint density at radius 2 is 1.85 bits per heavy atom. The molecular formula is C10H14O3. The van der Waals surface area contributed by atoms with Gasteiger partial charge in [0, 0.05) is 0 Å². The Morgan fingerprint density at radius 1 is 1.23 bits per heavy atom. The molecule has 1 saturated carbocycles. The predicted octanol–water partition coefficient (Wildman–Crippen LogP) is 1.51. The molecule has 2 atom stereocenters. The van der Waals surface area contributed by atoms with Gasteiger partial charge in [-0.1, -0.05) is 13.8 Å². The fourth-order valence-electron chi connectivity index (χ4n) is 2.37. The number of cyclic esters (lactones) is 2. The number of carbonyl (C=O) groups is 2. The van der Waals surface area contributed by atoms with Gasteiger partial charge < -0.3 is 4.74 Å². The van der Waals surface area contributed by atoms with Gasteiger partial charge in [-0.05, 0) is 24.7 Å². The fourth-order valence-corrected chi connectivity index (χ4v) is 2.37. The fraction of sp³-hybridized carbons (Fsp3) is 0.800. The standard InChI is InChI=1S/C10H14O3/c1-10(2)4-3-6-7(5-10)9(12)13-8(6)11/h6-7H,3-5H2,1-2H3. The summed E-state index contributed by atoms with van der Waals surface area (Å²) in [4.78, 5) is 22.5. The van der Waals surface area contributed by atoms with E-state index in [0.717, 1.165) is 19.3 Å². The van der Waals surface area contributed by atoms with Crippen LogP contribution in [-0.2, 0) is 14.3 Å². The van der Waals surface area contributed by atoms with Gasteiger partial charge in [0.25, 0.3) is 0 Å². The quantitative estimate of drug-likeness (QED) is 0.421. The minimum Gasteiger partial charge on any atom is -0.393 e. The highest BCUT2D eigenvalue weighted by molar-refractivity contribution is 5.96. The second kappa shape index (κ2) is 2.56. The van der Waals surface area contributed by atoms with Crippen molar-refractivity contribution in [2.45, 2.75) is 33.1 Å². The third-order valence-electron chi connectivity index (χ3n) is 3.20. The molecule has 0 amide bonds. The number of hydrogen-bond donors (Lipinski definition) is 0. The van der Waals surface area contributed by atoms with Crippen LogP contribution >= 0.6 is 0 Å². The van der Waals surface area contributed by atoms with Gasteiger partial charge in [0.2, 0.25) is 0 Å². The Kier molecular flexibility index (Phi) is 1.72. The molecule has 1 saturated heterocycles. The van der Waals surface area contributed by atoms with E-state index in [2.05, 4.69) is 18.6 Å². The van der Waals surface area contributed by atoms with Gasteiger partial charge in [-0.15, -0.1) is 0 Å². The maximum absolute atomic E-state index is 11.3. The van der Waals surface area contributed by atoms with Crippen molar-refractivity contribution in [3.8, 4) is 0 Å². The highest BCUT2D eigenvalue weighted by atomic mass is 16.6. The van der Waals surface area contributed by atoms with Crippen LogP contribution in [0.4, 0.5) is 0 Å². The Hall–Kier alpha value is -0.860. The van der Waals surface area contributed by atoms with Gasteiger partial charge in [0.05, 0.1) is 11.8 Å². The summed E-state index contributed by atoms with van der Waals surface area (Å²) in [5, 5.41) is 0. The number of ether oxygens (including phenoxy) is 1. The van der Waals surface area contributed by atoms with Crippen LogP contribution in [0.25, 0.3) is 0 Å². The molecule has 1 aliphatic heterocycles. The van der Waals surface area contributed by atoms with Crippen LogP contribution in [0.2, 0.25) is 0 Å². The highest BCUT2D eigenvalue weighted by Gasteiger charge is 2.49. The number of esters is 2.